The first-order chi connectivity index (χ1) is 14.9. The van der Waals surface area contributed by atoms with Crippen LogP contribution < -0.4 is 5.14 Å². The van der Waals surface area contributed by atoms with Crippen molar-refractivity contribution in [3.05, 3.63) is 27.3 Å². The van der Waals surface area contributed by atoms with Crippen molar-refractivity contribution < 1.29 is 14.6 Å². The van der Waals surface area contributed by atoms with Crippen molar-refractivity contribution in [2.75, 3.05) is 0 Å². The van der Waals surface area contributed by atoms with Crippen molar-refractivity contribution in [2.24, 2.45) is 5.14 Å². The fourth-order valence-electron chi connectivity index (χ4n) is 3.93. The molecule has 0 saturated carbocycles. The molecule has 0 aliphatic carbocycles. The number of benzene rings is 1. The van der Waals surface area contributed by atoms with Gasteiger partial charge in [0.15, 0.2) is 0 Å². The molecule has 0 amide bonds. The number of sulfonamides is 1. The number of unbranched alkanes of at least 4 members (excludes halogenated alkanes) is 15. The molecule has 1 rings (SSSR count). The number of hydrogen-bond acceptors (Lipinski definition) is 4. The molecule has 0 heterocycles. The first kappa shape index (κ1) is 28.5. The van der Waals surface area contributed by atoms with Gasteiger partial charge in [-0.2, -0.15) is 0 Å². The Morgan fingerprint density at radius 2 is 1.13 bits per heavy atom. The fourth-order valence-corrected chi connectivity index (χ4v) is 6.99. The summed E-state index contributed by atoms with van der Waals surface area (Å²) in [7, 11) is -4.02. The van der Waals surface area contributed by atoms with Crippen LogP contribution in [0.25, 0.3) is 0 Å². The monoisotopic (exact) mass is 567 g/mol. The van der Waals surface area contributed by atoms with Crippen molar-refractivity contribution in [3.8, 4) is 0 Å². The predicted molar refractivity (Wildman–Crippen MR) is 135 cm³/mol. The fraction of sp³-hybridized carbons (Fsp3) is 0.750. The van der Waals surface area contributed by atoms with Crippen LogP contribution in [0.5, 0.6) is 0 Å². The first-order valence-corrected chi connectivity index (χ1v) is 16.5. The molecule has 0 unspecified atom stereocenters. The van der Waals surface area contributed by atoms with Gasteiger partial charge in [0.1, 0.15) is 4.90 Å². The standard InChI is InChI=1S/C24H42INO4S/c1-2-3-4-5-6-7-8-9-10-11-12-13-14-15-16-17-18-22-19-20-23(25(27)28)24(21-22)31(26,29)30/h19-21H,2-18H2,1H3,(H2,26,29,30). The Hall–Kier alpha value is -0.540. The van der Waals surface area contributed by atoms with Gasteiger partial charge >= 0.3 is 19.8 Å². The molecule has 31 heavy (non-hydrogen) atoms. The Morgan fingerprint density at radius 1 is 0.710 bits per heavy atom. The lowest BCUT2D eigenvalue weighted by molar-refractivity contribution is 0.529. The molecule has 0 bridgehead atoms. The molecule has 1 aromatic carbocycles. The molecular weight excluding hydrogens is 525 g/mol. The predicted octanol–water partition coefficient (Wildman–Crippen LogP) is 7.51. The minimum Gasteiger partial charge on any atom is -0.230 e. The average Bonchev–Trinajstić information content (AvgIpc) is 2.72. The lowest BCUT2D eigenvalue weighted by Crippen LogP contribution is -2.14. The first-order valence-electron chi connectivity index (χ1n) is 12.1. The topological polar surface area (TPSA) is 94.3 Å². The Balaban J connectivity index is 2.06. The largest absolute Gasteiger partial charge is 0.342 e. The van der Waals surface area contributed by atoms with E-state index < -0.39 is 29.8 Å². The third-order valence-electron chi connectivity index (χ3n) is 5.79. The number of nitrogens with two attached hydrogens (primary N) is 1. The molecule has 0 atom stereocenters. The molecule has 180 valence electrons. The number of aryl methyl sites for hydroxylation is 1. The highest BCUT2D eigenvalue weighted by Crippen LogP contribution is 2.26. The van der Waals surface area contributed by atoms with Crippen LogP contribution in [-0.2, 0) is 22.6 Å². The van der Waals surface area contributed by atoms with Crippen LogP contribution in [0.3, 0.4) is 0 Å². The van der Waals surface area contributed by atoms with E-state index in [9.17, 15) is 14.6 Å². The summed E-state index contributed by atoms with van der Waals surface area (Å²) in [6.45, 7) is 2.26. The Bertz CT molecular complexity index is 783. The molecule has 5 nitrogen and oxygen atoms in total. The zero-order valence-corrected chi connectivity index (χ0v) is 22.2. The normalized spacial score (nSPS) is 12.0. The van der Waals surface area contributed by atoms with E-state index in [4.69, 9.17) is 5.14 Å². The quantitative estimate of drug-likeness (QED) is 0.138. The lowest BCUT2D eigenvalue weighted by atomic mass is 10.0. The third-order valence-corrected chi connectivity index (χ3v) is 8.99. The molecule has 0 saturated heterocycles. The molecule has 0 aliphatic heterocycles. The summed E-state index contributed by atoms with van der Waals surface area (Å²) >= 11 is -3.89. The van der Waals surface area contributed by atoms with Crippen molar-refractivity contribution in [2.45, 2.75) is 121 Å². The molecule has 0 aromatic heterocycles. The van der Waals surface area contributed by atoms with Gasteiger partial charge in [-0.25, -0.2) is 19.7 Å². The Kier molecular flexibility index (Phi) is 15.6. The van der Waals surface area contributed by atoms with Gasteiger partial charge in [-0.1, -0.05) is 109 Å². The maximum absolute atomic E-state index is 11.7. The van der Waals surface area contributed by atoms with Crippen LogP contribution in [0.1, 0.15) is 115 Å². The average molecular weight is 568 g/mol. The summed E-state index contributed by atoms with van der Waals surface area (Å²) < 4.78 is 45.8. The highest BCUT2D eigenvalue weighted by Gasteiger charge is 2.18. The molecule has 0 radical (unpaired) electrons. The number of hydrogen-bond donors (Lipinski definition) is 1. The van der Waals surface area contributed by atoms with Crippen molar-refractivity contribution in [1.82, 2.24) is 0 Å². The second kappa shape index (κ2) is 17.0. The Morgan fingerprint density at radius 3 is 1.52 bits per heavy atom. The summed E-state index contributed by atoms with van der Waals surface area (Å²) in [6, 6.07) is 4.51. The van der Waals surface area contributed by atoms with Gasteiger partial charge < -0.3 is 0 Å². The lowest BCUT2D eigenvalue weighted by Gasteiger charge is -2.06. The number of primary sulfonamides is 1. The summed E-state index contributed by atoms with van der Waals surface area (Å²) in [6.07, 6.45) is 21.7. The highest BCUT2D eigenvalue weighted by atomic mass is 127. The minimum atomic E-state index is -4.02. The third kappa shape index (κ3) is 13.6. The Labute approximate surface area is 197 Å². The van der Waals surface area contributed by atoms with Gasteiger partial charge in [-0.3, -0.25) is 0 Å². The van der Waals surface area contributed by atoms with E-state index in [-0.39, 0.29) is 8.47 Å². The molecule has 0 aliphatic rings. The van der Waals surface area contributed by atoms with Crippen LogP contribution in [-0.4, -0.2) is 8.42 Å². The smallest absolute Gasteiger partial charge is 0.230 e. The van der Waals surface area contributed by atoms with Gasteiger partial charge in [0.25, 0.3) is 0 Å². The molecule has 0 fully saturated rings. The summed E-state index contributed by atoms with van der Waals surface area (Å²) in [5.41, 5.74) is 0.830. The van der Waals surface area contributed by atoms with Gasteiger partial charge in [-0.05, 0) is 30.5 Å². The zero-order valence-electron chi connectivity index (χ0n) is 19.2. The summed E-state index contributed by atoms with van der Waals surface area (Å²) in [5.74, 6) is 0. The van der Waals surface area contributed by atoms with E-state index in [1.165, 1.54) is 102 Å². The number of rotatable bonds is 19. The highest BCUT2D eigenvalue weighted by molar-refractivity contribution is 14.2. The minimum absolute atomic E-state index is 0.137. The van der Waals surface area contributed by atoms with Gasteiger partial charge in [0.2, 0.25) is 10.0 Å². The zero-order chi connectivity index (χ0) is 23.0. The maximum Gasteiger partial charge on any atom is 0.342 e. The molecule has 0 spiro atoms. The number of halogens is 1. The van der Waals surface area contributed by atoms with E-state index in [0.717, 1.165) is 24.8 Å². The molecular formula is C24H42INO4S. The van der Waals surface area contributed by atoms with E-state index >= 15 is 0 Å². The van der Waals surface area contributed by atoms with Crippen molar-refractivity contribution in [1.29, 1.82) is 0 Å². The second-order valence-corrected chi connectivity index (χ2v) is 12.5. The van der Waals surface area contributed by atoms with E-state index in [0.29, 0.717) is 0 Å². The molecule has 2 N–H and O–H groups in total. The molecule has 1 aromatic rings. The summed E-state index contributed by atoms with van der Waals surface area (Å²) in [5, 5.41) is 5.17. The van der Waals surface area contributed by atoms with Crippen LogP contribution in [0, 0.1) is 3.57 Å². The molecule has 7 heteroatoms. The van der Waals surface area contributed by atoms with Gasteiger partial charge in [0.05, 0.1) is 3.57 Å². The van der Waals surface area contributed by atoms with Gasteiger partial charge in [-0.15, -0.1) is 0 Å². The van der Waals surface area contributed by atoms with Crippen LogP contribution in [0.4, 0.5) is 0 Å². The van der Waals surface area contributed by atoms with Crippen LogP contribution in [0.15, 0.2) is 23.1 Å². The summed E-state index contributed by atoms with van der Waals surface area (Å²) in [4.78, 5) is -0.253. The van der Waals surface area contributed by atoms with E-state index in [2.05, 4.69) is 6.92 Å². The second-order valence-electron chi connectivity index (χ2n) is 8.58. The van der Waals surface area contributed by atoms with Crippen molar-refractivity contribution >= 4 is 29.8 Å². The SMILES string of the molecule is CCCCCCCCCCCCCCCCCCc1ccc(I(=O)=O)c(S(N)(=O)=O)c1. The van der Waals surface area contributed by atoms with E-state index in [1.807, 2.05) is 0 Å². The van der Waals surface area contributed by atoms with Crippen LogP contribution >= 0.6 is 19.8 Å². The van der Waals surface area contributed by atoms with Crippen molar-refractivity contribution in [3.63, 3.8) is 0 Å². The van der Waals surface area contributed by atoms with Crippen LogP contribution in [0.2, 0.25) is 0 Å². The van der Waals surface area contributed by atoms with Gasteiger partial charge in [0, 0.05) is 0 Å². The maximum atomic E-state index is 11.7. The van der Waals surface area contributed by atoms with E-state index in [1.54, 1.807) is 6.07 Å².